The van der Waals surface area contributed by atoms with Crippen LogP contribution in [0.2, 0.25) is 5.02 Å². The van der Waals surface area contributed by atoms with Crippen LogP contribution in [0.25, 0.3) is 17.2 Å². The fourth-order valence-electron chi connectivity index (χ4n) is 3.58. The number of allylic oxidation sites excluding steroid dienone is 1. The molecule has 0 aromatic heterocycles. The third-order valence-corrected chi connectivity index (χ3v) is 5.42. The molecule has 0 unspecified atom stereocenters. The van der Waals surface area contributed by atoms with Gasteiger partial charge in [-0.05, 0) is 70.2 Å². The summed E-state index contributed by atoms with van der Waals surface area (Å²) in [6.45, 7) is 1.92. The fourth-order valence-corrected chi connectivity index (χ4v) is 3.86. The zero-order valence-corrected chi connectivity index (χ0v) is 18.5. The highest BCUT2D eigenvalue weighted by Gasteiger charge is 2.17. The monoisotopic (exact) mass is 466 g/mol. The topological polar surface area (TPSA) is 87.2 Å². The second-order valence-electron chi connectivity index (χ2n) is 7.24. The first-order valence-corrected chi connectivity index (χ1v) is 10.4. The lowest BCUT2D eigenvalue weighted by Crippen LogP contribution is -2.02. The quantitative estimate of drug-likeness (QED) is 0.154. The van der Waals surface area contributed by atoms with E-state index >= 15 is 0 Å². The van der Waals surface area contributed by atoms with E-state index in [2.05, 4.69) is 0 Å². The minimum atomic E-state index is -1.15. The van der Waals surface area contributed by atoms with Crippen LogP contribution >= 0.6 is 11.6 Å². The maximum absolute atomic E-state index is 13.8. The number of carbonyl (C=O) groups is 1. The Morgan fingerprint density at radius 3 is 2.30 bits per heavy atom. The second kappa shape index (κ2) is 10.2. The summed E-state index contributed by atoms with van der Waals surface area (Å²) in [4.78, 5) is 10.8. The molecule has 3 aromatic rings. The van der Waals surface area contributed by atoms with E-state index in [0.717, 1.165) is 17.2 Å². The highest BCUT2D eigenvalue weighted by Crippen LogP contribution is 2.38. The second-order valence-corrected chi connectivity index (χ2v) is 7.65. The van der Waals surface area contributed by atoms with Gasteiger partial charge in [0.25, 0.3) is 0 Å². The Hall–Kier alpha value is -3.77. The van der Waals surface area contributed by atoms with Gasteiger partial charge in [-0.2, -0.15) is 4.39 Å². The first kappa shape index (κ1) is 23.9. The molecule has 0 saturated carbocycles. The molecule has 0 radical (unpaired) electrons. The molecule has 168 valence electrons. The predicted octanol–water partition coefficient (Wildman–Crippen LogP) is 6.82. The molecule has 33 heavy (non-hydrogen) atoms. The number of halogens is 3. The van der Waals surface area contributed by atoms with E-state index in [1.807, 2.05) is 6.92 Å². The summed E-state index contributed by atoms with van der Waals surface area (Å²) in [5, 5.41) is 16.5. The molecule has 0 aliphatic rings. The molecule has 0 saturated heterocycles. The van der Waals surface area contributed by atoms with Gasteiger partial charge in [0.05, 0.1) is 10.6 Å². The SMILES string of the molecule is CC/C(=C(/c1ccc(/C=C/C(=O)O)cc1)c1ccc(N)c(C(=N)F)c1)c1ccc(F)cc1Cl. The van der Waals surface area contributed by atoms with Crippen molar-refractivity contribution in [2.75, 3.05) is 5.73 Å². The van der Waals surface area contributed by atoms with Crippen LogP contribution in [0.3, 0.4) is 0 Å². The molecule has 0 fully saturated rings. The minimum absolute atomic E-state index is 0.0355. The van der Waals surface area contributed by atoms with Crippen LogP contribution in [0.1, 0.15) is 41.2 Å². The lowest BCUT2D eigenvalue weighted by molar-refractivity contribution is -0.131. The van der Waals surface area contributed by atoms with E-state index in [9.17, 15) is 13.6 Å². The van der Waals surface area contributed by atoms with Crippen LogP contribution in [0, 0.1) is 11.2 Å². The smallest absolute Gasteiger partial charge is 0.328 e. The van der Waals surface area contributed by atoms with Gasteiger partial charge in [0.1, 0.15) is 5.82 Å². The number of hydrogen-bond acceptors (Lipinski definition) is 3. The first-order valence-electron chi connectivity index (χ1n) is 10.1. The number of carboxylic acids is 1. The normalized spacial score (nSPS) is 12.0. The highest BCUT2D eigenvalue weighted by molar-refractivity contribution is 6.32. The van der Waals surface area contributed by atoms with Crippen LogP contribution in [-0.4, -0.2) is 17.0 Å². The molecule has 3 rings (SSSR count). The van der Waals surface area contributed by atoms with Crippen molar-refractivity contribution in [2.24, 2.45) is 0 Å². The number of nitrogens with one attached hydrogen (secondary N) is 1. The molecule has 4 nitrogen and oxygen atoms in total. The number of carboxylic acid groups (broad SMARTS) is 1. The van der Waals surface area contributed by atoms with E-state index in [0.29, 0.717) is 28.7 Å². The summed E-state index contributed by atoms with van der Waals surface area (Å²) in [6, 6.07) is 16.0. The van der Waals surface area contributed by atoms with Crippen molar-refractivity contribution in [3.63, 3.8) is 0 Å². The van der Waals surface area contributed by atoms with E-state index in [-0.39, 0.29) is 16.3 Å². The largest absolute Gasteiger partial charge is 0.478 e. The molecule has 7 heteroatoms. The van der Waals surface area contributed by atoms with Crippen LogP contribution in [-0.2, 0) is 4.79 Å². The summed E-state index contributed by atoms with van der Waals surface area (Å²) in [5.74, 6) is -2.67. The molecule has 0 heterocycles. The van der Waals surface area contributed by atoms with E-state index in [1.54, 1.807) is 36.4 Å². The Morgan fingerprint density at radius 1 is 1.06 bits per heavy atom. The summed E-state index contributed by atoms with van der Waals surface area (Å²) in [6.07, 6.45) is 3.04. The maximum atomic E-state index is 13.8. The Morgan fingerprint density at radius 2 is 1.73 bits per heavy atom. The predicted molar refractivity (Wildman–Crippen MR) is 130 cm³/mol. The lowest BCUT2D eigenvalue weighted by atomic mass is 9.87. The Kier molecular flexibility index (Phi) is 7.41. The summed E-state index contributed by atoms with van der Waals surface area (Å²) in [7, 11) is 0. The number of anilines is 1. The van der Waals surface area contributed by atoms with Gasteiger partial charge in [0.2, 0.25) is 5.97 Å². The number of hydrogen-bond donors (Lipinski definition) is 3. The van der Waals surface area contributed by atoms with Gasteiger partial charge in [-0.25, -0.2) is 9.18 Å². The Labute approximate surface area is 195 Å². The van der Waals surface area contributed by atoms with E-state index < -0.39 is 17.8 Å². The summed E-state index contributed by atoms with van der Waals surface area (Å²) >= 11 is 6.37. The molecule has 4 N–H and O–H groups in total. The molecular weight excluding hydrogens is 446 g/mol. The average Bonchev–Trinajstić information content (AvgIpc) is 2.77. The number of rotatable bonds is 7. The van der Waals surface area contributed by atoms with Crippen molar-refractivity contribution in [3.05, 3.63) is 105 Å². The van der Waals surface area contributed by atoms with Gasteiger partial charge in [-0.1, -0.05) is 54.9 Å². The number of nitrogen functional groups attached to an aromatic ring is 1. The molecule has 0 bridgehead atoms. The Bertz CT molecular complexity index is 1280. The first-order chi connectivity index (χ1) is 15.7. The highest BCUT2D eigenvalue weighted by atomic mass is 35.5. The van der Waals surface area contributed by atoms with Crippen LogP contribution in [0.15, 0.2) is 66.7 Å². The van der Waals surface area contributed by atoms with Crippen molar-refractivity contribution >= 4 is 46.4 Å². The van der Waals surface area contributed by atoms with Crippen LogP contribution < -0.4 is 5.73 Å². The molecule has 0 aliphatic carbocycles. The van der Waals surface area contributed by atoms with Crippen molar-refractivity contribution in [2.45, 2.75) is 13.3 Å². The van der Waals surface area contributed by atoms with Crippen LogP contribution in [0.4, 0.5) is 14.5 Å². The summed E-state index contributed by atoms with van der Waals surface area (Å²) in [5.41, 5.74) is 10.1. The molecule has 0 spiro atoms. The third kappa shape index (κ3) is 5.54. The van der Waals surface area contributed by atoms with Gasteiger partial charge >= 0.3 is 5.97 Å². The van der Waals surface area contributed by atoms with Gasteiger partial charge in [-0.3, -0.25) is 5.41 Å². The zero-order chi connectivity index (χ0) is 24.1. The minimum Gasteiger partial charge on any atom is -0.478 e. The maximum Gasteiger partial charge on any atom is 0.328 e. The number of aliphatic carboxylic acids is 1. The van der Waals surface area contributed by atoms with Crippen LogP contribution in [0.5, 0.6) is 0 Å². The van der Waals surface area contributed by atoms with Crippen molar-refractivity contribution < 1.29 is 18.7 Å². The molecule has 3 aromatic carbocycles. The molecular formula is C26H21ClF2N2O2. The summed E-state index contributed by atoms with van der Waals surface area (Å²) < 4.78 is 27.5. The van der Waals surface area contributed by atoms with Crippen molar-refractivity contribution in [1.82, 2.24) is 0 Å². The average molecular weight is 467 g/mol. The zero-order valence-electron chi connectivity index (χ0n) is 17.7. The molecule has 0 amide bonds. The molecule has 0 atom stereocenters. The lowest BCUT2D eigenvalue weighted by Gasteiger charge is -2.18. The van der Waals surface area contributed by atoms with E-state index in [4.69, 9.17) is 27.9 Å². The van der Waals surface area contributed by atoms with Crippen molar-refractivity contribution in [3.8, 4) is 0 Å². The standard InChI is InChI=1S/C26H21ClF2N2O2/c1-2-19(20-10-9-18(28)14-22(20)27)25(17-8-11-23(30)21(13-17)26(29)31)16-6-3-15(4-7-16)5-12-24(32)33/h3-14,31H,2,30H2,1H3,(H,32,33)/b12-5+,25-19+,31-26?. The fraction of sp³-hybridized carbons (Fsp3) is 0.0769. The van der Waals surface area contributed by atoms with E-state index in [1.165, 1.54) is 30.3 Å². The third-order valence-electron chi connectivity index (χ3n) is 5.11. The van der Waals surface area contributed by atoms with Gasteiger partial charge in [-0.15, -0.1) is 0 Å². The van der Waals surface area contributed by atoms with Crippen molar-refractivity contribution in [1.29, 1.82) is 5.41 Å². The van der Waals surface area contributed by atoms with Gasteiger partial charge in [0.15, 0.2) is 0 Å². The number of benzene rings is 3. The van der Waals surface area contributed by atoms with Gasteiger partial charge < -0.3 is 10.8 Å². The molecule has 0 aliphatic heterocycles. The number of nitrogens with two attached hydrogens (primary N) is 1. The Balaban J connectivity index is 2.29. The van der Waals surface area contributed by atoms with Gasteiger partial charge in [0, 0.05) is 11.8 Å².